The maximum absolute atomic E-state index is 12.3. The number of anilines is 1. The smallest absolute Gasteiger partial charge is 0.246 e. The van der Waals surface area contributed by atoms with Crippen molar-refractivity contribution in [3.8, 4) is 22.9 Å². The quantitative estimate of drug-likeness (QED) is 0.296. The molecule has 3 N–H and O–H groups in total. The molecule has 10 nitrogen and oxygen atoms in total. The molecule has 1 saturated heterocycles. The predicted octanol–water partition coefficient (Wildman–Crippen LogP) is 4.39. The number of carbonyl (C=O) groups excluding carboxylic acids is 1. The Bertz CT molecular complexity index is 1770. The van der Waals surface area contributed by atoms with E-state index in [9.17, 15) is 4.79 Å². The van der Waals surface area contributed by atoms with Crippen LogP contribution in [0.25, 0.3) is 34.1 Å². The van der Waals surface area contributed by atoms with Gasteiger partial charge in [-0.25, -0.2) is 19.6 Å². The Labute approximate surface area is 243 Å². The molecule has 2 atom stereocenters. The molecule has 1 aromatic carbocycles. The minimum absolute atomic E-state index is 0.0158. The van der Waals surface area contributed by atoms with Crippen molar-refractivity contribution in [2.24, 2.45) is 0 Å². The number of likely N-dealkylation sites (tertiary alicyclic amines) is 1. The molecule has 7 rings (SSSR count). The Morgan fingerprint density at radius 2 is 2.00 bits per heavy atom. The molecule has 10 heteroatoms. The number of rotatable bonds is 6. The van der Waals surface area contributed by atoms with Crippen LogP contribution in [0.3, 0.4) is 0 Å². The Kier molecular flexibility index (Phi) is 6.75. The van der Waals surface area contributed by atoms with Gasteiger partial charge in [-0.05, 0) is 85.4 Å². The van der Waals surface area contributed by atoms with E-state index in [0.29, 0.717) is 17.5 Å². The SMILES string of the molecule is C=CC(=O)N1CCCCC(N[C@H]2CCc3cc(-n4c(-c5cccnc5N)nc5ccc(-n6cccn6)nc54)ccc32)C1. The second-order valence-electron chi connectivity index (χ2n) is 11.0. The van der Waals surface area contributed by atoms with Crippen LogP contribution in [0.1, 0.15) is 42.9 Å². The summed E-state index contributed by atoms with van der Waals surface area (Å²) in [4.78, 5) is 28.5. The molecule has 42 heavy (non-hydrogen) atoms. The number of pyridine rings is 2. The zero-order chi connectivity index (χ0) is 28.6. The zero-order valence-corrected chi connectivity index (χ0v) is 23.4. The molecule has 0 radical (unpaired) electrons. The van der Waals surface area contributed by atoms with E-state index in [0.717, 1.165) is 67.6 Å². The molecule has 1 aliphatic heterocycles. The molecule has 5 aromatic rings. The molecule has 0 spiro atoms. The van der Waals surface area contributed by atoms with Gasteiger partial charge in [-0.15, -0.1) is 0 Å². The first-order chi connectivity index (χ1) is 20.6. The Balaban J connectivity index is 1.26. The van der Waals surface area contributed by atoms with Gasteiger partial charge in [0.15, 0.2) is 17.3 Å². The van der Waals surface area contributed by atoms with Crippen LogP contribution in [-0.4, -0.2) is 59.2 Å². The van der Waals surface area contributed by atoms with Crippen molar-refractivity contribution < 1.29 is 4.79 Å². The molecule has 1 amide bonds. The molecule has 0 saturated carbocycles. The average Bonchev–Trinajstić information content (AvgIpc) is 3.73. The molecule has 212 valence electrons. The minimum Gasteiger partial charge on any atom is -0.383 e. The molecule has 4 aromatic heterocycles. The standard InChI is InChI=1S/C32H33N9O/c1-2-29(42)39-17-4-3-7-22(20-39)36-26-12-9-21-19-23(10-11-24(21)26)41-31(25-8-5-15-34-30(25)33)37-27-13-14-28(38-32(27)41)40-18-6-16-35-40/h2,5-6,8,10-11,13-16,18-19,22,26,36H,1,3-4,7,9,12,17,20H2,(H2,33,34)/t22?,26-/m0/s1. The van der Waals surface area contributed by atoms with Crippen LogP contribution in [0.5, 0.6) is 0 Å². The van der Waals surface area contributed by atoms with E-state index in [1.165, 1.54) is 17.2 Å². The Hall–Kier alpha value is -4.83. The number of fused-ring (bicyclic) bond motifs is 2. The van der Waals surface area contributed by atoms with Gasteiger partial charge in [-0.3, -0.25) is 9.36 Å². The summed E-state index contributed by atoms with van der Waals surface area (Å²) in [6.07, 6.45) is 11.9. The first kappa shape index (κ1) is 26.1. The van der Waals surface area contributed by atoms with Crippen LogP contribution in [0, 0.1) is 0 Å². The number of hydrogen-bond donors (Lipinski definition) is 2. The molecular weight excluding hydrogens is 526 g/mol. The number of nitrogen functional groups attached to an aromatic ring is 1. The number of nitrogens with zero attached hydrogens (tertiary/aromatic N) is 7. The topological polar surface area (TPSA) is 120 Å². The monoisotopic (exact) mass is 559 g/mol. The summed E-state index contributed by atoms with van der Waals surface area (Å²) in [5, 5.41) is 8.24. The highest BCUT2D eigenvalue weighted by molar-refractivity contribution is 5.87. The fourth-order valence-electron chi connectivity index (χ4n) is 6.32. The van der Waals surface area contributed by atoms with Crippen LogP contribution in [0.2, 0.25) is 0 Å². The van der Waals surface area contributed by atoms with Crippen molar-refractivity contribution in [2.45, 2.75) is 44.2 Å². The number of carbonyl (C=O) groups is 1. The normalized spacial score (nSPS) is 18.6. The first-order valence-electron chi connectivity index (χ1n) is 14.5. The second-order valence-corrected chi connectivity index (χ2v) is 11.0. The summed E-state index contributed by atoms with van der Waals surface area (Å²) >= 11 is 0. The molecule has 1 fully saturated rings. The van der Waals surface area contributed by atoms with E-state index < -0.39 is 0 Å². The predicted molar refractivity (Wildman–Crippen MR) is 162 cm³/mol. The third kappa shape index (κ3) is 4.73. The van der Waals surface area contributed by atoms with Crippen LogP contribution in [0.4, 0.5) is 5.82 Å². The van der Waals surface area contributed by atoms with E-state index in [1.807, 2.05) is 41.4 Å². The highest BCUT2D eigenvalue weighted by atomic mass is 16.2. The lowest BCUT2D eigenvalue weighted by Gasteiger charge is -2.27. The number of benzene rings is 1. The molecule has 0 bridgehead atoms. The van der Waals surface area contributed by atoms with Crippen molar-refractivity contribution in [1.82, 2.24) is 39.5 Å². The fourth-order valence-corrected chi connectivity index (χ4v) is 6.32. The van der Waals surface area contributed by atoms with Gasteiger partial charge in [0.2, 0.25) is 5.91 Å². The summed E-state index contributed by atoms with van der Waals surface area (Å²) in [6.45, 7) is 5.20. The molecular formula is C32H33N9O. The number of amides is 1. The molecule has 5 heterocycles. The number of nitrogens with two attached hydrogens (primary N) is 1. The van der Waals surface area contributed by atoms with Crippen molar-refractivity contribution in [3.63, 3.8) is 0 Å². The molecule has 2 aliphatic rings. The van der Waals surface area contributed by atoms with Crippen molar-refractivity contribution in [2.75, 3.05) is 18.8 Å². The summed E-state index contributed by atoms with van der Waals surface area (Å²) in [6, 6.07) is 16.7. The maximum Gasteiger partial charge on any atom is 0.246 e. The summed E-state index contributed by atoms with van der Waals surface area (Å²) in [5.41, 5.74) is 12.1. The first-order valence-corrected chi connectivity index (χ1v) is 14.5. The van der Waals surface area contributed by atoms with Gasteiger partial charge in [-0.2, -0.15) is 5.10 Å². The van der Waals surface area contributed by atoms with Gasteiger partial charge in [-0.1, -0.05) is 19.1 Å². The summed E-state index contributed by atoms with van der Waals surface area (Å²) in [5.74, 6) is 1.83. The largest absolute Gasteiger partial charge is 0.383 e. The van der Waals surface area contributed by atoms with Gasteiger partial charge in [0.1, 0.15) is 11.3 Å². The lowest BCUT2D eigenvalue weighted by molar-refractivity contribution is -0.126. The van der Waals surface area contributed by atoms with Crippen LogP contribution >= 0.6 is 0 Å². The summed E-state index contributed by atoms with van der Waals surface area (Å²) < 4.78 is 3.81. The van der Waals surface area contributed by atoms with Crippen LogP contribution in [0.15, 0.2) is 79.8 Å². The van der Waals surface area contributed by atoms with E-state index in [1.54, 1.807) is 17.1 Å². The Morgan fingerprint density at radius 3 is 2.83 bits per heavy atom. The summed E-state index contributed by atoms with van der Waals surface area (Å²) in [7, 11) is 0. The third-order valence-corrected chi connectivity index (χ3v) is 8.37. The van der Waals surface area contributed by atoms with Gasteiger partial charge < -0.3 is 16.0 Å². The van der Waals surface area contributed by atoms with Crippen molar-refractivity contribution in [3.05, 3.63) is 90.9 Å². The van der Waals surface area contributed by atoms with Crippen LogP contribution in [-0.2, 0) is 11.2 Å². The number of imidazole rings is 1. The van der Waals surface area contributed by atoms with E-state index in [4.69, 9.17) is 15.7 Å². The van der Waals surface area contributed by atoms with E-state index >= 15 is 0 Å². The average molecular weight is 560 g/mol. The lowest BCUT2D eigenvalue weighted by atomic mass is 10.0. The lowest BCUT2D eigenvalue weighted by Crippen LogP contribution is -2.42. The maximum atomic E-state index is 12.3. The van der Waals surface area contributed by atoms with Gasteiger partial charge in [0, 0.05) is 49.5 Å². The van der Waals surface area contributed by atoms with Gasteiger partial charge >= 0.3 is 0 Å². The van der Waals surface area contributed by atoms with Crippen molar-refractivity contribution >= 4 is 22.9 Å². The van der Waals surface area contributed by atoms with E-state index in [-0.39, 0.29) is 18.0 Å². The number of hydrogen-bond acceptors (Lipinski definition) is 7. The molecule has 1 unspecified atom stereocenters. The van der Waals surface area contributed by atoms with Crippen molar-refractivity contribution in [1.29, 1.82) is 0 Å². The third-order valence-electron chi connectivity index (χ3n) is 8.37. The second kappa shape index (κ2) is 10.9. The van der Waals surface area contributed by atoms with Gasteiger partial charge in [0.25, 0.3) is 0 Å². The Morgan fingerprint density at radius 1 is 1.07 bits per heavy atom. The highest BCUT2D eigenvalue weighted by Gasteiger charge is 2.28. The zero-order valence-electron chi connectivity index (χ0n) is 23.4. The number of aromatic nitrogens is 6. The molecule has 1 aliphatic carbocycles. The fraction of sp³-hybridized carbons (Fsp3) is 0.281. The number of nitrogens with one attached hydrogen (secondary N) is 1. The van der Waals surface area contributed by atoms with Gasteiger partial charge in [0.05, 0.1) is 5.56 Å². The van der Waals surface area contributed by atoms with Crippen LogP contribution < -0.4 is 11.1 Å². The minimum atomic E-state index is 0.0158. The number of aryl methyl sites for hydroxylation is 1. The highest BCUT2D eigenvalue weighted by Crippen LogP contribution is 2.36. The van der Waals surface area contributed by atoms with E-state index in [2.05, 4.69) is 44.7 Å².